The van der Waals surface area contributed by atoms with Crippen molar-refractivity contribution in [3.05, 3.63) is 24.3 Å². The van der Waals surface area contributed by atoms with Crippen LogP contribution in [0.15, 0.2) is 24.3 Å². The molecule has 0 unspecified atom stereocenters. The molecule has 1 heterocycles. The summed E-state index contributed by atoms with van der Waals surface area (Å²) in [5.41, 5.74) is 0. The zero-order chi connectivity index (χ0) is 39.1. The fourth-order valence-electron chi connectivity index (χ4n) is 6.87. The molecule has 0 spiro atoms. The van der Waals surface area contributed by atoms with Gasteiger partial charge in [0.05, 0.1) is 19.7 Å². The van der Waals surface area contributed by atoms with Crippen LogP contribution in [0.3, 0.4) is 0 Å². The van der Waals surface area contributed by atoms with Gasteiger partial charge in [0.1, 0.15) is 19.6 Å². The van der Waals surface area contributed by atoms with E-state index in [0.717, 1.165) is 39.1 Å². The number of nitrogens with zero attached hydrogens (tertiary/aromatic N) is 2. The number of carbonyl (C=O) groups is 1. The van der Waals surface area contributed by atoms with Crippen molar-refractivity contribution in [1.82, 2.24) is 10.2 Å². The van der Waals surface area contributed by atoms with Crippen molar-refractivity contribution in [2.45, 2.75) is 207 Å². The van der Waals surface area contributed by atoms with E-state index in [-0.39, 0.29) is 12.5 Å². The van der Waals surface area contributed by atoms with E-state index in [0.29, 0.717) is 6.42 Å². The summed E-state index contributed by atoms with van der Waals surface area (Å²) in [6.45, 7) is 13.3. The Labute approximate surface area is 329 Å². The number of amides is 1. The molecule has 0 radical (unpaired) electrons. The number of amidine groups is 1. The first-order valence-electron chi connectivity index (χ1n) is 22.3. The lowest BCUT2D eigenvalue weighted by molar-refractivity contribution is -0.517. The molecule has 0 aliphatic carbocycles. The molecule has 1 aliphatic rings. The highest BCUT2D eigenvalue weighted by atomic mass is 32.3. The Kier molecular flexibility index (Phi) is 37.3. The summed E-state index contributed by atoms with van der Waals surface area (Å²) in [4.78, 5) is 15.0. The van der Waals surface area contributed by atoms with Crippen LogP contribution >= 0.6 is 0 Å². The van der Waals surface area contributed by atoms with Crippen molar-refractivity contribution >= 4 is 22.1 Å². The van der Waals surface area contributed by atoms with Crippen LogP contribution in [0.4, 0.5) is 0 Å². The highest BCUT2D eigenvalue weighted by Gasteiger charge is 2.28. The van der Waals surface area contributed by atoms with Gasteiger partial charge in [-0.05, 0) is 78.1 Å². The number of allylic oxidation sites excluding steroid dienone is 4. The summed E-state index contributed by atoms with van der Waals surface area (Å²) in [5, 5.41) is 3.21. The number of likely N-dealkylation sites (N-methyl/N-ethyl adjacent to an activating group) is 1. The third kappa shape index (κ3) is 35.7. The van der Waals surface area contributed by atoms with Crippen molar-refractivity contribution in [3.63, 3.8) is 0 Å². The van der Waals surface area contributed by atoms with Crippen molar-refractivity contribution in [2.75, 3.05) is 39.3 Å². The molecular weight excluding hydrogens is 683 g/mol. The molecule has 0 atom stereocenters. The Balaban J connectivity index is 0.00000348. The maximum absolute atomic E-state index is 12.4. The SMILES string of the molecule is CCCCCCCC/C=C/CCCCCCCC(=O)NCC[N+]1=C(CCCCCCC/C=C/CCCCCCCC)N(CC)CC1.CCOS(=O)(=O)[O-]. The van der Waals surface area contributed by atoms with Crippen LogP contribution in [0, 0.1) is 0 Å². The number of hydrogen-bond donors (Lipinski definition) is 1. The second kappa shape index (κ2) is 38.6. The van der Waals surface area contributed by atoms with E-state index in [1.54, 1.807) is 0 Å². The highest BCUT2D eigenvalue weighted by Crippen LogP contribution is 2.14. The molecule has 1 amide bonds. The van der Waals surface area contributed by atoms with Gasteiger partial charge in [0.25, 0.3) is 0 Å². The van der Waals surface area contributed by atoms with E-state index in [2.05, 4.69) is 64.1 Å². The van der Waals surface area contributed by atoms with Crippen LogP contribution in [-0.2, 0) is 19.4 Å². The lowest BCUT2D eigenvalue weighted by atomic mass is 10.1. The number of hydrogen-bond acceptors (Lipinski definition) is 6. The summed E-state index contributed by atoms with van der Waals surface area (Å²) in [5.74, 6) is 1.76. The smallest absolute Gasteiger partial charge is 0.247 e. The molecule has 8 nitrogen and oxygen atoms in total. The second-order valence-electron chi connectivity index (χ2n) is 14.8. The van der Waals surface area contributed by atoms with Gasteiger partial charge in [-0.25, -0.2) is 8.42 Å². The van der Waals surface area contributed by atoms with E-state index in [4.69, 9.17) is 0 Å². The Bertz CT molecular complexity index is 1030. The molecule has 0 fully saturated rings. The first-order valence-corrected chi connectivity index (χ1v) is 23.6. The van der Waals surface area contributed by atoms with Crippen LogP contribution < -0.4 is 5.32 Å². The molecule has 1 aliphatic heterocycles. The van der Waals surface area contributed by atoms with E-state index in [9.17, 15) is 17.8 Å². The molecule has 0 bridgehead atoms. The fraction of sp³-hybridized carbons (Fsp3) is 0.864. The van der Waals surface area contributed by atoms with Crippen LogP contribution in [0.2, 0.25) is 0 Å². The first kappa shape index (κ1) is 51.3. The molecule has 0 aromatic rings. The molecule has 1 rings (SSSR count). The fourth-order valence-corrected chi connectivity index (χ4v) is 7.16. The minimum absolute atomic E-state index is 0.0914. The summed E-state index contributed by atoms with van der Waals surface area (Å²) in [7, 11) is -4.42. The monoisotopic (exact) mass is 768 g/mol. The van der Waals surface area contributed by atoms with Gasteiger partial charge in [0, 0.05) is 12.8 Å². The zero-order valence-electron chi connectivity index (χ0n) is 35.2. The predicted octanol–water partition coefficient (Wildman–Crippen LogP) is 11.4. The molecule has 0 aromatic heterocycles. The van der Waals surface area contributed by atoms with Crippen LogP contribution in [-0.4, -0.2) is 73.5 Å². The minimum atomic E-state index is -4.42. The quantitative estimate of drug-likeness (QED) is 0.0224. The van der Waals surface area contributed by atoms with E-state index in [1.807, 2.05) is 0 Å². The number of carbonyl (C=O) groups excluding carboxylic acids is 1. The third-order valence-corrected chi connectivity index (χ3v) is 10.6. The van der Waals surface area contributed by atoms with Gasteiger partial charge in [0.2, 0.25) is 22.1 Å². The molecular formula is C44H85N3O5S. The summed E-state index contributed by atoms with van der Waals surface area (Å²) in [6.07, 6.45) is 45.9. The lowest BCUT2D eigenvalue weighted by Crippen LogP contribution is -2.33. The number of unbranched alkanes of at least 4 members (excludes halogenated alkanes) is 22. The normalized spacial score (nSPS) is 13.4. The average Bonchev–Trinajstić information content (AvgIpc) is 3.52. The van der Waals surface area contributed by atoms with Gasteiger partial charge in [-0.2, -0.15) is 0 Å². The van der Waals surface area contributed by atoms with E-state index >= 15 is 0 Å². The second-order valence-corrected chi connectivity index (χ2v) is 15.9. The first-order chi connectivity index (χ1) is 25.8. The molecule has 0 saturated heterocycles. The Morgan fingerprint density at radius 3 is 1.53 bits per heavy atom. The van der Waals surface area contributed by atoms with Crippen molar-refractivity contribution < 1.29 is 26.5 Å². The van der Waals surface area contributed by atoms with Crippen LogP contribution in [0.25, 0.3) is 0 Å². The molecule has 53 heavy (non-hydrogen) atoms. The van der Waals surface area contributed by atoms with Gasteiger partial charge in [-0.15, -0.1) is 0 Å². The maximum Gasteiger partial charge on any atom is 0.247 e. The maximum atomic E-state index is 12.4. The van der Waals surface area contributed by atoms with E-state index in [1.165, 1.54) is 180 Å². The number of rotatable bonds is 36. The number of nitrogens with one attached hydrogen (secondary N) is 1. The van der Waals surface area contributed by atoms with Gasteiger partial charge in [-0.1, -0.05) is 141 Å². The Morgan fingerprint density at radius 1 is 0.679 bits per heavy atom. The molecule has 312 valence electrons. The third-order valence-electron chi connectivity index (χ3n) is 10.0. The van der Waals surface area contributed by atoms with Gasteiger partial charge < -0.3 is 9.87 Å². The topological polar surface area (TPSA) is 102 Å². The summed E-state index contributed by atoms with van der Waals surface area (Å²) < 4.78 is 34.5. The van der Waals surface area contributed by atoms with Gasteiger partial charge in [0.15, 0.2) is 0 Å². The van der Waals surface area contributed by atoms with Crippen molar-refractivity contribution in [3.8, 4) is 0 Å². The Hall–Kier alpha value is -1.71. The van der Waals surface area contributed by atoms with Gasteiger partial charge >= 0.3 is 0 Å². The molecule has 9 heteroatoms. The summed E-state index contributed by atoms with van der Waals surface area (Å²) in [6, 6.07) is 0. The predicted molar refractivity (Wildman–Crippen MR) is 225 cm³/mol. The standard InChI is InChI=1S/C42H79N3O.C2H6O4S/c1-4-7-9-11-13-15-17-19-21-23-25-27-29-31-33-35-41(46)43-37-38-45-40-39-44(6-3)42(45)36-34-32-30-28-26-24-22-20-18-16-14-12-10-8-5-2;1-2-6-7(3,4)5/h19-22H,4-18,23-40H2,1-3H3;2H2,1H3,(H,3,4,5)/b21-19+,22-20+;. The van der Waals surface area contributed by atoms with Crippen molar-refractivity contribution in [2.24, 2.45) is 0 Å². The Morgan fingerprint density at radius 2 is 1.11 bits per heavy atom. The highest BCUT2D eigenvalue weighted by molar-refractivity contribution is 7.80. The largest absolute Gasteiger partial charge is 0.726 e. The van der Waals surface area contributed by atoms with Gasteiger partial charge in [-0.3, -0.25) is 18.5 Å². The van der Waals surface area contributed by atoms with Crippen LogP contribution in [0.5, 0.6) is 0 Å². The zero-order valence-corrected chi connectivity index (χ0v) is 36.0. The van der Waals surface area contributed by atoms with Crippen LogP contribution in [0.1, 0.15) is 207 Å². The van der Waals surface area contributed by atoms with Crippen molar-refractivity contribution in [1.29, 1.82) is 0 Å². The minimum Gasteiger partial charge on any atom is -0.726 e. The average molecular weight is 768 g/mol. The summed E-state index contributed by atoms with van der Waals surface area (Å²) >= 11 is 0. The molecule has 1 N–H and O–H groups in total. The molecule has 0 aromatic carbocycles. The molecule has 0 saturated carbocycles. The lowest BCUT2D eigenvalue weighted by Gasteiger charge is -2.12. The van der Waals surface area contributed by atoms with E-state index < -0.39 is 10.4 Å².